The molecule has 1 amide bonds. The summed E-state index contributed by atoms with van der Waals surface area (Å²) < 4.78 is 6.75. The van der Waals surface area contributed by atoms with Gasteiger partial charge in [0.15, 0.2) is 0 Å². The van der Waals surface area contributed by atoms with E-state index in [9.17, 15) is 4.79 Å². The molecule has 7 heteroatoms. The van der Waals surface area contributed by atoms with Crippen LogP contribution >= 0.6 is 0 Å². The second-order valence-electron chi connectivity index (χ2n) is 3.89. The molecule has 104 valence electrons. The zero-order valence-electron chi connectivity index (χ0n) is 11.1. The van der Waals surface area contributed by atoms with E-state index in [1.54, 1.807) is 6.21 Å². The van der Waals surface area contributed by atoms with Crippen molar-refractivity contribution in [2.24, 2.45) is 5.10 Å². The first-order chi connectivity index (χ1) is 9.78. The highest BCUT2D eigenvalue weighted by Gasteiger charge is 2.00. The molecule has 0 saturated heterocycles. The van der Waals surface area contributed by atoms with Crippen molar-refractivity contribution in [2.75, 3.05) is 6.61 Å². The molecule has 0 unspecified atom stereocenters. The monoisotopic (exact) mass is 273 g/mol. The van der Waals surface area contributed by atoms with Gasteiger partial charge in [0.1, 0.15) is 24.9 Å². The number of amides is 1. The van der Waals surface area contributed by atoms with Crippen LogP contribution in [0.5, 0.6) is 5.75 Å². The molecule has 0 spiro atoms. The van der Waals surface area contributed by atoms with Gasteiger partial charge in [-0.25, -0.2) is 15.1 Å². The van der Waals surface area contributed by atoms with Gasteiger partial charge in [-0.3, -0.25) is 4.79 Å². The summed E-state index contributed by atoms with van der Waals surface area (Å²) in [7, 11) is 0. The minimum atomic E-state index is -0.266. The third kappa shape index (κ3) is 4.20. The van der Waals surface area contributed by atoms with Crippen molar-refractivity contribution in [1.29, 1.82) is 0 Å². The number of benzene rings is 1. The predicted octanol–water partition coefficient (Wildman–Crippen LogP) is 0.827. The Morgan fingerprint density at radius 2 is 2.25 bits per heavy atom. The molecule has 0 bridgehead atoms. The lowest BCUT2D eigenvalue weighted by molar-refractivity contribution is -0.121. The number of carbonyl (C=O) groups is 1. The summed E-state index contributed by atoms with van der Waals surface area (Å²) in [5, 5.41) is 7.70. The molecule has 7 nitrogen and oxygen atoms in total. The minimum Gasteiger partial charge on any atom is -0.494 e. The maximum absolute atomic E-state index is 11.5. The molecule has 0 aliphatic rings. The van der Waals surface area contributed by atoms with Crippen LogP contribution in [0.15, 0.2) is 42.0 Å². The molecule has 2 aromatic rings. The number of hydrogen-bond donors (Lipinski definition) is 1. The van der Waals surface area contributed by atoms with Gasteiger partial charge in [-0.2, -0.15) is 10.2 Å². The Morgan fingerprint density at radius 3 is 2.90 bits per heavy atom. The number of aromatic nitrogens is 3. The van der Waals surface area contributed by atoms with E-state index in [1.807, 2.05) is 31.2 Å². The van der Waals surface area contributed by atoms with Crippen molar-refractivity contribution in [3.05, 3.63) is 42.5 Å². The lowest BCUT2D eigenvalue weighted by Crippen LogP contribution is -2.23. The Hall–Kier alpha value is -2.70. The molecule has 0 radical (unpaired) electrons. The quantitative estimate of drug-likeness (QED) is 0.624. The van der Waals surface area contributed by atoms with Crippen LogP contribution in [-0.4, -0.2) is 33.5 Å². The Morgan fingerprint density at radius 1 is 1.45 bits per heavy atom. The van der Waals surface area contributed by atoms with Crippen LogP contribution in [0.2, 0.25) is 0 Å². The molecule has 0 saturated carbocycles. The van der Waals surface area contributed by atoms with E-state index in [0.29, 0.717) is 6.61 Å². The molecule has 2 rings (SSSR count). The summed E-state index contributed by atoms with van der Waals surface area (Å²) in [6, 6.07) is 7.42. The predicted molar refractivity (Wildman–Crippen MR) is 73.4 cm³/mol. The Labute approximate surface area is 116 Å². The minimum absolute atomic E-state index is 0.0839. The Bertz CT molecular complexity index is 563. The van der Waals surface area contributed by atoms with Crippen molar-refractivity contribution in [1.82, 2.24) is 20.2 Å². The second kappa shape index (κ2) is 7.03. The van der Waals surface area contributed by atoms with Crippen LogP contribution in [0.25, 0.3) is 0 Å². The first-order valence-electron chi connectivity index (χ1n) is 6.15. The summed E-state index contributed by atoms with van der Waals surface area (Å²) in [6.07, 6.45) is 4.40. The van der Waals surface area contributed by atoms with Crippen molar-refractivity contribution in [2.45, 2.75) is 13.5 Å². The molecule has 1 N–H and O–H groups in total. The van der Waals surface area contributed by atoms with Crippen molar-refractivity contribution >= 4 is 12.1 Å². The fraction of sp³-hybridized carbons (Fsp3) is 0.231. The Balaban J connectivity index is 1.82. The molecule has 1 aromatic carbocycles. The molecular formula is C13H15N5O2. The van der Waals surface area contributed by atoms with Crippen LogP contribution in [0, 0.1) is 0 Å². The molecule has 0 atom stereocenters. The SMILES string of the molecule is CCOc1ccc(C=NNC(=O)Cn2cncn2)cc1. The normalized spacial score (nSPS) is 10.7. The van der Waals surface area contributed by atoms with Gasteiger partial charge in [0, 0.05) is 0 Å². The highest BCUT2D eigenvalue weighted by molar-refractivity contribution is 5.82. The fourth-order valence-corrected chi connectivity index (χ4v) is 1.49. The van der Waals surface area contributed by atoms with Crippen LogP contribution in [0.1, 0.15) is 12.5 Å². The standard InChI is InChI=1S/C13H15N5O2/c1-2-20-12-5-3-11(4-6-12)7-15-17-13(19)8-18-10-14-9-16-18/h3-7,9-10H,2,8H2,1H3,(H,17,19). The lowest BCUT2D eigenvalue weighted by Gasteiger charge is -2.02. The molecule has 1 heterocycles. The zero-order valence-corrected chi connectivity index (χ0v) is 11.1. The third-order valence-electron chi connectivity index (χ3n) is 2.37. The molecule has 20 heavy (non-hydrogen) atoms. The van der Waals surface area contributed by atoms with Crippen molar-refractivity contribution in [3.63, 3.8) is 0 Å². The molecular weight excluding hydrogens is 258 g/mol. The maximum atomic E-state index is 11.5. The van der Waals surface area contributed by atoms with E-state index in [0.717, 1.165) is 11.3 Å². The smallest absolute Gasteiger partial charge is 0.261 e. The number of nitrogens with zero attached hydrogens (tertiary/aromatic N) is 4. The van der Waals surface area contributed by atoms with Gasteiger partial charge < -0.3 is 4.74 Å². The van der Waals surface area contributed by atoms with Crippen LogP contribution in [0.4, 0.5) is 0 Å². The highest BCUT2D eigenvalue weighted by atomic mass is 16.5. The van der Waals surface area contributed by atoms with Crippen LogP contribution in [0.3, 0.4) is 0 Å². The first kappa shape index (κ1) is 13.7. The second-order valence-corrected chi connectivity index (χ2v) is 3.89. The highest BCUT2D eigenvalue weighted by Crippen LogP contribution is 2.10. The van der Waals surface area contributed by atoms with E-state index in [4.69, 9.17) is 4.74 Å². The molecule has 0 aliphatic carbocycles. The summed E-state index contributed by atoms with van der Waals surface area (Å²) in [5.41, 5.74) is 3.29. The van der Waals surface area contributed by atoms with Crippen molar-refractivity contribution in [3.8, 4) is 5.75 Å². The average Bonchev–Trinajstić information content (AvgIpc) is 2.94. The molecule has 0 fully saturated rings. The summed E-state index contributed by atoms with van der Waals surface area (Å²) in [6.45, 7) is 2.65. The summed E-state index contributed by atoms with van der Waals surface area (Å²) in [4.78, 5) is 15.3. The molecule has 0 aliphatic heterocycles. The number of nitrogens with one attached hydrogen (secondary N) is 1. The Kier molecular flexibility index (Phi) is 4.82. The van der Waals surface area contributed by atoms with Crippen LogP contribution < -0.4 is 10.2 Å². The van der Waals surface area contributed by atoms with E-state index in [1.165, 1.54) is 17.3 Å². The van der Waals surface area contributed by atoms with Gasteiger partial charge in [-0.1, -0.05) is 0 Å². The van der Waals surface area contributed by atoms with Gasteiger partial charge in [0.05, 0.1) is 12.8 Å². The van der Waals surface area contributed by atoms with Gasteiger partial charge >= 0.3 is 0 Å². The number of hydrogen-bond acceptors (Lipinski definition) is 5. The van der Waals surface area contributed by atoms with E-state index < -0.39 is 0 Å². The van der Waals surface area contributed by atoms with Gasteiger partial charge in [-0.05, 0) is 36.8 Å². The van der Waals surface area contributed by atoms with E-state index in [-0.39, 0.29) is 12.5 Å². The van der Waals surface area contributed by atoms with E-state index >= 15 is 0 Å². The summed E-state index contributed by atoms with van der Waals surface area (Å²) >= 11 is 0. The number of rotatable bonds is 6. The van der Waals surface area contributed by atoms with E-state index in [2.05, 4.69) is 20.6 Å². The fourth-order valence-electron chi connectivity index (χ4n) is 1.49. The van der Waals surface area contributed by atoms with Gasteiger partial charge in [-0.15, -0.1) is 0 Å². The van der Waals surface area contributed by atoms with Crippen LogP contribution in [-0.2, 0) is 11.3 Å². The zero-order chi connectivity index (χ0) is 14.2. The number of ether oxygens (including phenoxy) is 1. The largest absolute Gasteiger partial charge is 0.494 e. The lowest BCUT2D eigenvalue weighted by atomic mass is 10.2. The maximum Gasteiger partial charge on any atom is 0.261 e. The topological polar surface area (TPSA) is 81.4 Å². The number of hydrazone groups is 1. The number of carbonyl (C=O) groups excluding carboxylic acids is 1. The van der Waals surface area contributed by atoms with Gasteiger partial charge in [0.2, 0.25) is 0 Å². The first-order valence-corrected chi connectivity index (χ1v) is 6.15. The van der Waals surface area contributed by atoms with Gasteiger partial charge in [0.25, 0.3) is 5.91 Å². The average molecular weight is 273 g/mol. The van der Waals surface area contributed by atoms with Crippen molar-refractivity contribution < 1.29 is 9.53 Å². The molecule has 1 aromatic heterocycles. The third-order valence-corrected chi connectivity index (χ3v) is 2.37. The summed E-state index contributed by atoms with van der Waals surface area (Å²) in [5.74, 6) is 0.539.